The molecule has 1 rings (SSSR count). The van der Waals surface area contributed by atoms with Crippen LogP contribution < -0.4 is 5.32 Å². The van der Waals surface area contributed by atoms with E-state index in [0.29, 0.717) is 17.8 Å². The molecule has 21 heavy (non-hydrogen) atoms. The molecule has 0 radical (unpaired) electrons. The summed E-state index contributed by atoms with van der Waals surface area (Å²) in [5.41, 5.74) is 0.901. The maximum atomic E-state index is 12.2. The normalized spacial score (nSPS) is 11.7. The van der Waals surface area contributed by atoms with Crippen molar-refractivity contribution in [1.82, 2.24) is 4.90 Å². The predicted octanol–water partition coefficient (Wildman–Crippen LogP) is 3.41. The van der Waals surface area contributed by atoms with Gasteiger partial charge >= 0.3 is 6.18 Å². The highest BCUT2D eigenvalue weighted by Crippen LogP contribution is 2.29. The van der Waals surface area contributed by atoms with Crippen LogP contribution in [-0.4, -0.2) is 36.1 Å². The quantitative estimate of drug-likeness (QED) is 0.619. The Morgan fingerprint density at radius 1 is 1.38 bits per heavy atom. The first kappa shape index (κ1) is 17.2. The lowest BCUT2D eigenvalue weighted by Crippen LogP contribution is -2.24. The van der Waals surface area contributed by atoms with Crippen molar-refractivity contribution >= 4 is 11.4 Å². The van der Waals surface area contributed by atoms with Crippen LogP contribution in [0.2, 0.25) is 0 Å². The number of rotatable bonds is 7. The summed E-state index contributed by atoms with van der Waals surface area (Å²) < 4.78 is 36.6. The van der Waals surface area contributed by atoms with Crippen LogP contribution in [0.1, 0.15) is 18.9 Å². The fraction of sp³-hybridized carbons (Fsp3) is 0.538. The summed E-state index contributed by atoms with van der Waals surface area (Å²) in [4.78, 5) is 12.0. The van der Waals surface area contributed by atoms with E-state index in [2.05, 4.69) is 5.32 Å². The fourth-order valence-corrected chi connectivity index (χ4v) is 1.94. The van der Waals surface area contributed by atoms with E-state index >= 15 is 0 Å². The van der Waals surface area contributed by atoms with Gasteiger partial charge in [-0.05, 0) is 19.5 Å². The number of para-hydroxylation sites is 1. The lowest BCUT2D eigenvalue weighted by molar-refractivity contribution is -0.384. The van der Waals surface area contributed by atoms with Crippen LogP contribution in [0.5, 0.6) is 0 Å². The van der Waals surface area contributed by atoms with Gasteiger partial charge in [0.05, 0.1) is 11.3 Å². The highest BCUT2D eigenvalue weighted by Gasteiger charge is 2.27. The number of alkyl halides is 3. The summed E-state index contributed by atoms with van der Waals surface area (Å²) in [6, 6.07) is 4.58. The smallest absolute Gasteiger partial charge is 0.380 e. The second kappa shape index (κ2) is 7.26. The maximum Gasteiger partial charge on any atom is 0.390 e. The molecule has 0 aliphatic heterocycles. The van der Waals surface area contributed by atoms with E-state index in [1.54, 1.807) is 20.0 Å². The van der Waals surface area contributed by atoms with Gasteiger partial charge in [0.15, 0.2) is 0 Å². The Kier molecular flexibility index (Phi) is 5.95. The minimum atomic E-state index is -4.21. The van der Waals surface area contributed by atoms with Gasteiger partial charge in [0.25, 0.3) is 5.69 Å². The average Bonchev–Trinajstić information content (AvgIpc) is 2.37. The molecule has 118 valence electrons. The van der Waals surface area contributed by atoms with Crippen molar-refractivity contribution in [2.24, 2.45) is 0 Å². The fourth-order valence-electron chi connectivity index (χ4n) is 1.94. The van der Waals surface area contributed by atoms with Gasteiger partial charge in [0.1, 0.15) is 5.69 Å². The lowest BCUT2D eigenvalue weighted by atomic mass is 10.1. The van der Waals surface area contributed by atoms with E-state index in [4.69, 9.17) is 0 Å². The molecule has 0 saturated heterocycles. The van der Waals surface area contributed by atoms with E-state index in [1.807, 2.05) is 0 Å². The Hall–Kier alpha value is -1.83. The molecule has 0 saturated carbocycles. The molecule has 0 atom stereocenters. The number of halogens is 3. The molecule has 0 aliphatic carbocycles. The zero-order valence-corrected chi connectivity index (χ0v) is 11.9. The highest BCUT2D eigenvalue weighted by atomic mass is 19.4. The zero-order chi connectivity index (χ0) is 16.0. The van der Waals surface area contributed by atoms with Gasteiger partial charge < -0.3 is 10.2 Å². The highest BCUT2D eigenvalue weighted by molar-refractivity contribution is 5.66. The van der Waals surface area contributed by atoms with Crippen LogP contribution in [0, 0.1) is 10.1 Å². The summed E-state index contributed by atoms with van der Waals surface area (Å²) >= 11 is 0. The molecule has 8 heteroatoms. The van der Waals surface area contributed by atoms with Gasteiger partial charge in [-0.3, -0.25) is 10.1 Å². The number of nitro groups is 1. The molecular formula is C13H18F3N3O2. The number of anilines is 1. The molecule has 0 amide bonds. The summed E-state index contributed by atoms with van der Waals surface area (Å²) in [5, 5.41) is 13.9. The Balaban J connectivity index is 2.87. The third-order valence-corrected chi connectivity index (χ3v) is 2.90. The molecule has 1 aromatic rings. The van der Waals surface area contributed by atoms with Crippen LogP contribution in [0.3, 0.4) is 0 Å². The number of hydrogen-bond donors (Lipinski definition) is 1. The number of hydrogen-bond acceptors (Lipinski definition) is 4. The number of nitro benzene ring substituents is 1. The minimum absolute atomic E-state index is 0.0708. The Morgan fingerprint density at radius 2 is 2.05 bits per heavy atom. The number of nitrogens with one attached hydrogen (secondary N) is 1. The Labute approximate surface area is 120 Å². The van der Waals surface area contributed by atoms with Gasteiger partial charge in [0.2, 0.25) is 0 Å². The largest absolute Gasteiger partial charge is 0.390 e. The van der Waals surface area contributed by atoms with Crippen molar-refractivity contribution in [3.8, 4) is 0 Å². The third kappa shape index (κ3) is 5.58. The van der Waals surface area contributed by atoms with Gasteiger partial charge in [-0.1, -0.05) is 12.1 Å². The molecule has 0 aromatic heterocycles. The summed E-state index contributed by atoms with van der Waals surface area (Å²) in [7, 11) is 1.56. The van der Waals surface area contributed by atoms with Crippen molar-refractivity contribution in [2.45, 2.75) is 26.1 Å². The molecule has 1 N–H and O–H groups in total. The lowest BCUT2D eigenvalue weighted by Gasteiger charge is -2.19. The average molecular weight is 305 g/mol. The molecule has 5 nitrogen and oxygen atoms in total. The first-order chi connectivity index (χ1) is 9.74. The van der Waals surface area contributed by atoms with E-state index in [0.717, 1.165) is 0 Å². The SMILES string of the molecule is CCNc1c(CN(C)CCC(F)(F)F)cccc1[N+](=O)[O-]. The van der Waals surface area contributed by atoms with E-state index in [1.165, 1.54) is 17.0 Å². The zero-order valence-electron chi connectivity index (χ0n) is 11.9. The van der Waals surface area contributed by atoms with Crippen molar-refractivity contribution in [1.29, 1.82) is 0 Å². The topological polar surface area (TPSA) is 58.4 Å². The molecule has 0 spiro atoms. The van der Waals surface area contributed by atoms with Crippen LogP contribution in [-0.2, 0) is 6.54 Å². The molecular weight excluding hydrogens is 287 g/mol. The van der Waals surface area contributed by atoms with Crippen molar-refractivity contribution in [3.05, 3.63) is 33.9 Å². The van der Waals surface area contributed by atoms with Gasteiger partial charge in [-0.15, -0.1) is 0 Å². The standard InChI is InChI=1S/C13H18F3N3O2/c1-3-17-12-10(5-4-6-11(12)19(20)21)9-18(2)8-7-13(14,15)16/h4-6,17H,3,7-9H2,1-2H3. The first-order valence-corrected chi connectivity index (χ1v) is 6.50. The molecule has 1 aromatic carbocycles. The van der Waals surface area contributed by atoms with E-state index in [-0.39, 0.29) is 18.8 Å². The van der Waals surface area contributed by atoms with Crippen molar-refractivity contribution < 1.29 is 18.1 Å². The van der Waals surface area contributed by atoms with Crippen molar-refractivity contribution in [2.75, 3.05) is 25.5 Å². The summed E-state index contributed by atoms with van der Waals surface area (Å²) in [5.74, 6) is 0. The van der Waals surface area contributed by atoms with Gasteiger partial charge in [-0.25, -0.2) is 0 Å². The Morgan fingerprint density at radius 3 is 2.57 bits per heavy atom. The first-order valence-electron chi connectivity index (χ1n) is 6.50. The number of benzene rings is 1. The second-order valence-electron chi connectivity index (χ2n) is 4.70. The molecule has 0 bridgehead atoms. The molecule has 0 unspecified atom stereocenters. The predicted molar refractivity (Wildman–Crippen MR) is 74.3 cm³/mol. The van der Waals surface area contributed by atoms with Crippen molar-refractivity contribution in [3.63, 3.8) is 0 Å². The molecule has 0 fully saturated rings. The third-order valence-electron chi connectivity index (χ3n) is 2.90. The van der Waals surface area contributed by atoms with Gasteiger partial charge in [-0.2, -0.15) is 13.2 Å². The van der Waals surface area contributed by atoms with E-state index in [9.17, 15) is 23.3 Å². The van der Waals surface area contributed by atoms with Crippen LogP contribution in [0.25, 0.3) is 0 Å². The molecule has 0 heterocycles. The van der Waals surface area contributed by atoms with Crippen LogP contribution in [0.15, 0.2) is 18.2 Å². The molecule has 0 aliphatic rings. The second-order valence-corrected chi connectivity index (χ2v) is 4.70. The van der Waals surface area contributed by atoms with Gasteiger partial charge in [0, 0.05) is 25.7 Å². The monoisotopic (exact) mass is 305 g/mol. The maximum absolute atomic E-state index is 12.2. The van der Waals surface area contributed by atoms with Crippen LogP contribution >= 0.6 is 0 Å². The Bertz CT molecular complexity index is 492. The summed E-state index contributed by atoms with van der Waals surface area (Å²) in [6.45, 7) is 2.34. The van der Waals surface area contributed by atoms with E-state index < -0.39 is 17.5 Å². The minimum Gasteiger partial charge on any atom is -0.380 e. The van der Waals surface area contributed by atoms with Crippen LogP contribution in [0.4, 0.5) is 24.5 Å². The number of nitrogens with zero attached hydrogens (tertiary/aromatic N) is 2. The summed E-state index contributed by atoms with van der Waals surface area (Å²) in [6.07, 6.45) is -5.11.